The molecule has 0 heterocycles. The van der Waals surface area contributed by atoms with Crippen LogP contribution >= 0.6 is 0 Å². The average molecular weight is 281 g/mol. The molecule has 0 aliphatic heterocycles. The average Bonchev–Trinajstić information content (AvgIpc) is 2.43. The largest absolute Gasteiger partial charge is 0.399 e. The SMILES string of the molecule is CCC(CC)N(C)C(C)C(=O)Nc1cc(N)ccc1F. The number of nitrogens with two attached hydrogens (primary N) is 1. The van der Waals surface area contributed by atoms with Crippen molar-refractivity contribution in [3.63, 3.8) is 0 Å². The highest BCUT2D eigenvalue weighted by molar-refractivity contribution is 5.95. The summed E-state index contributed by atoms with van der Waals surface area (Å²) >= 11 is 0. The molecule has 0 fully saturated rings. The molecule has 0 aliphatic rings. The summed E-state index contributed by atoms with van der Waals surface area (Å²) in [5.74, 6) is -0.714. The second-order valence-corrected chi connectivity index (χ2v) is 5.04. The van der Waals surface area contributed by atoms with Gasteiger partial charge in [-0.1, -0.05) is 13.8 Å². The molecule has 1 unspecified atom stereocenters. The summed E-state index contributed by atoms with van der Waals surface area (Å²) in [7, 11) is 1.91. The van der Waals surface area contributed by atoms with Crippen LogP contribution in [0.5, 0.6) is 0 Å². The van der Waals surface area contributed by atoms with Gasteiger partial charge in [0.15, 0.2) is 0 Å². The first kappa shape index (κ1) is 16.4. The molecule has 0 saturated carbocycles. The lowest BCUT2D eigenvalue weighted by Gasteiger charge is -2.31. The van der Waals surface area contributed by atoms with E-state index in [9.17, 15) is 9.18 Å². The molecule has 20 heavy (non-hydrogen) atoms. The van der Waals surface area contributed by atoms with Crippen molar-refractivity contribution in [1.82, 2.24) is 4.90 Å². The molecule has 0 aromatic heterocycles. The van der Waals surface area contributed by atoms with E-state index in [0.29, 0.717) is 11.7 Å². The third kappa shape index (κ3) is 3.93. The fraction of sp³-hybridized carbons (Fsp3) is 0.533. The van der Waals surface area contributed by atoms with E-state index >= 15 is 0 Å². The van der Waals surface area contributed by atoms with Crippen molar-refractivity contribution >= 4 is 17.3 Å². The third-order valence-corrected chi connectivity index (χ3v) is 3.76. The maximum absolute atomic E-state index is 13.6. The summed E-state index contributed by atoms with van der Waals surface area (Å²) in [6, 6.07) is 4.14. The van der Waals surface area contributed by atoms with Crippen LogP contribution in [0.2, 0.25) is 0 Å². The third-order valence-electron chi connectivity index (χ3n) is 3.76. The van der Waals surface area contributed by atoms with Gasteiger partial charge < -0.3 is 11.1 Å². The van der Waals surface area contributed by atoms with E-state index in [1.807, 2.05) is 18.9 Å². The number of nitrogens with zero attached hydrogens (tertiary/aromatic N) is 1. The molecule has 3 N–H and O–H groups in total. The number of amides is 1. The number of anilines is 2. The number of hydrogen-bond acceptors (Lipinski definition) is 3. The van der Waals surface area contributed by atoms with Crippen molar-refractivity contribution in [3.8, 4) is 0 Å². The van der Waals surface area contributed by atoms with Crippen LogP contribution in [0.25, 0.3) is 0 Å². The van der Waals surface area contributed by atoms with Crippen molar-refractivity contribution in [2.75, 3.05) is 18.1 Å². The van der Waals surface area contributed by atoms with Crippen LogP contribution < -0.4 is 11.1 Å². The Morgan fingerprint density at radius 1 is 1.40 bits per heavy atom. The monoisotopic (exact) mass is 281 g/mol. The standard InChI is InChI=1S/C15H24FN3O/c1-5-12(6-2)19(4)10(3)15(20)18-14-9-11(17)7-8-13(14)16/h7-10,12H,5-6,17H2,1-4H3,(H,18,20). The molecular weight excluding hydrogens is 257 g/mol. The van der Waals surface area contributed by atoms with Gasteiger partial charge in [0.1, 0.15) is 5.82 Å². The van der Waals surface area contributed by atoms with E-state index in [4.69, 9.17) is 5.73 Å². The summed E-state index contributed by atoms with van der Waals surface area (Å²) < 4.78 is 13.6. The molecule has 0 radical (unpaired) electrons. The van der Waals surface area contributed by atoms with Gasteiger partial charge in [0, 0.05) is 11.7 Å². The lowest BCUT2D eigenvalue weighted by atomic mass is 10.1. The number of halogens is 1. The molecule has 0 bridgehead atoms. The van der Waals surface area contributed by atoms with Crippen molar-refractivity contribution in [2.24, 2.45) is 0 Å². The van der Waals surface area contributed by atoms with Gasteiger partial charge >= 0.3 is 0 Å². The number of nitrogen functional groups attached to an aromatic ring is 1. The number of carbonyl (C=O) groups excluding carboxylic acids is 1. The minimum atomic E-state index is -0.482. The summed E-state index contributed by atoms with van der Waals surface area (Å²) in [5.41, 5.74) is 6.15. The zero-order chi connectivity index (χ0) is 15.3. The first-order chi connectivity index (χ1) is 9.40. The van der Waals surface area contributed by atoms with E-state index in [1.165, 1.54) is 18.2 Å². The van der Waals surface area contributed by atoms with Gasteiger partial charge in [-0.2, -0.15) is 0 Å². The molecule has 1 amide bonds. The zero-order valence-electron chi connectivity index (χ0n) is 12.6. The predicted octanol–water partition coefficient (Wildman–Crippen LogP) is 2.86. The predicted molar refractivity (Wildman–Crippen MR) is 81.0 cm³/mol. The molecule has 4 nitrogen and oxygen atoms in total. The Morgan fingerprint density at radius 2 is 2.00 bits per heavy atom. The van der Waals surface area contributed by atoms with Crippen LogP contribution in [-0.4, -0.2) is 29.9 Å². The van der Waals surface area contributed by atoms with E-state index in [1.54, 1.807) is 0 Å². The summed E-state index contributed by atoms with van der Waals surface area (Å²) in [6.45, 7) is 6.00. The Hall–Kier alpha value is -1.62. The van der Waals surface area contributed by atoms with Crippen molar-refractivity contribution in [2.45, 2.75) is 45.7 Å². The molecule has 1 aromatic rings. The second kappa shape index (κ2) is 7.24. The van der Waals surface area contributed by atoms with E-state index in [2.05, 4.69) is 19.2 Å². The number of nitrogens with one attached hydrogen (secondary N) is 1. The van der Waals surface area contributed by atoms with Gasteiger partial charge in [0.25, 0.3) is 0 Å². The van der Waals surface area contributed by atoms with Gasteiger partial charge in [-0.25, -0.2) is 4.39 Å². The lowest BCUT2D eigenvalue weighted by Crippen LogP contribution is -2.45. The fourth-order valence-electron chi connectivity index (χ4n) is 2.24. The number of rotatable bonds is 6. The Bertz CT molecular complexity index is 460. The maximum Gasteiger partial charge on any atom is 0.241 e. The minimum absolute atomic E-state index is 0.125. The van der Waals surface area contributed by atoms with Gasteiger partial charge in [-0.05, 0) is 45.0 Å². The van der Waals surface area contributed by atoms with E-state index in [-0.39, 0.29) is 17.6 Å². The van der Waals surface area contributed by atoms with Crippen LogP contribution in [0.15, 0.2) is 18.2 Å². The van der Waals surface area contributed by atoms with Gasteiger partial charge in [0.2, 0.25) is 5.91 Å². The van der Waals surface area contributed by atoms with E-state index < -0.39 is 5.82 Å². The Morgan fingerprint density at radius 3 is 2.55 bits per heavy atom. The highest BCUT2D eigenvalue weighted by Crippen LogP contribution is 2.18. The number of carbonyl (C=O) groups is 1. The first-order valence-electron chi connectivity index (χ1n) is 6.98. The molecule has 112 valence electrons. The first-order valence-corrected chi connectivity index (χ1v) is 6.98. The molecule has 0 aliphatic carbocycles. The Balaban J connectivity index is 2.77. The molecule has 1 atom stereocenters. The number of hydrogen-bond donors (Lipinski definition) is 2. The number of likely N-dealkylation sites (N-methyl/N-ethyl adjacent to an activating group) is 1. The molecule has 0 saturated heterocycles. The van der Waals surface area contributed by atoms with Crippen LogP contribution in [-0.2, 0) is 4.79 Å². The lowest BCUT2D eigenvalue weighted by molar-refractivity contribution is -0.121. The van der Waals surface area contributed by atoms with Crippen LogP contribution in [0.1, 0.15) is 33.6 Å². The summed E-state index contributed by atoms with van der Waals surface area (Å²) in [4.78, 5) is 14.2. The van der Waals surface area contributed by atoms with Gasteiger partial charge in [0.05, 0.1) is 11.7 Å². The molecular formula is C15H24FN3O. The molecule has 0 spiro atoms. The van der Waals surface area contributed by atoms with Gasteiger partial charge in [-0.15, -0.1) is 0 Å². The Labute approximate surface area is 120 Å². The minimum Gasteiger partial charge on any atom is -0.399 e. The summed E-state index contributed by atoms with van der Waals surface area (Å²) in [6.07, 6.45) is 1.94. The van der Waals surface area contributed by atoms with Crippen molar-refractivity contribution in [1.29, 1.82) is 0 Å². The number of benzene rings is 1. The van der Waals surface area contributed by atoms with Crippen molar-refractivity contribution < 1.29 is 9.18 Å². The highest BCUT2D eigenvalue weighted by Gasteiger charge is 2.23. The van der Waals surface area contributed by atoms with Crippen molar-refractivity contribution in [3.05, 3.63) is 24.0 Å². The Kier molecular flexibility index (Phi) is 5.95. The van der Waals surface area contributed by atoms with Crippen LogP contribution in [0, 0.1) is 5.82 Å². The molecule has 5 heteroatoms. The molecule has 1 rings (SSSR count). The normalized spacial score (nSPS) is 12.8. The maximum atomic E-state index is 13.6. The topological polar surface area (TPSA) is 58.4 Å². The highest BCUT2D eigenvalue weighted by atomic mass is 19.1. The molecule has 1 aromatic carbocycles. The van der Waals surface area contributed by atoms with Gasteiger partial charge in [-0.3, -0.25) is 9.69 Å². The van der Waals surface area contributed by atoms with Crippen LogP contribution in [0.3, 0.4) is 0 Å². The fourth-order valence-corrected chi connectivity index (χ4v) is 2.24. The smallest absolute Gasteiger partial charge is 0.241 e. The van der Waals surface area contributed by atoms with Crippen LogP contribution in [0.4, 0.5) is 15.8 Å². The zero-order valence-corrected chi connectivity index (χ0v) is 12.6. The quantitative estimate of drug-likeness (QED) is 0.788. The van der Waals surface area contributed by atoms with E-state index in [0.717, 1.165) is 12.8 Å². The second-order valence-electron chi connectivity index (χ2n) is 5.04. The summed E-state index contributed by atoms with van der Waals surface area (Å²) in [5, 5.41) is 2.60.